The minimum atomic E-state index is -0.388. The normalized spacial score (nSPS) is 9.36. The third-order valence-corrected chi connectivity index (χ3v) is 1.64. The topological polar surface area (TPSA) is 29.5 Å². The Labute approximate surface area is 75.0 Å². The summed E-state index contributed by atoms with van der Waals surface area (Å²) >= 11 is 11.3. The lowest BCUT2D eigenvalue weighted by molar-refractivity contribution is 0.454. The second-order valence-electron chi connectivity index (χ2n) is 1.85. The van der Waals surface area contributed by atoms with Gasteiger partial charge >= 0.3 is 7.69 Å². The van der Waals surface area contributed by atoms with Crippen molar-refractivity contribution in [2.45, 2.75) is 0 Å². The lowest BCUT2D eigenvalue weighted by atomic mass is 10.3. The average Bonchev–Trinajstić information content (AvgIpc) is 1.95. The van der Waals surface area contributed by atoms with Gasteiger partial charge in [0.1, 0.15) is 5.75 Å². The lowest BCUT2D eigenvalue weighted by Crippen LogP contribution is -1.99. The Morgan fingerprint density at radius 3 is 2.64 bits per heavy atom. The van der Waals surface area contributed by atoms with Gasteiger partial charge in [0.25, 0.3) is 0 Å². The highest BCUT2D eigenvalue weighted by Crippen LogP contribution is 2.26. The average molecular weight is 191 g/mol. The van der Waals surface area contributed by atoms with Crippen LogP contribution in [0.25, 0.3) is 0 Å². The quantitative estimate of drug-likeness (QED) is 0.719. The fraction of sp³-hybridized carbons (Fsp3) is 0. The van der Waals surface area contributed by atoms with Gasteiger partial charge in [-0.1, -0.05) is 23.2 Å². The summed E-state index contributed by atoms with van der Waals surface area (Å²) in [5, 5.41) is 9.34. The molecule has 1 aromatic carbocycles. The Balaban J connectivity index is 2.90. The van der Waals surface area contributed by atoms with Crippen molar-refractivity contribution in [2.75, 3.05) is 0 Å². The highest BCUT2D eigenvalue weighted by Gasteiger charge is 2.00. The van der Waals surface area contributed by atoms with Gasteiger partial charge in [0.15, 0.2) is 0 Å². The summed E-state index contributed by atoms with van der Waals surface area (Å²) in [4.78, 5) is 0. The Kier molecular flexibility index (Phi) is 3.06. The van der Waals surface area contributed by atoms with Gasteiger partial charge in [-0.15, -0.1) is 0 Å². The Bertz CT molecular complexity index is 254. The Morgan fingerprint density at radius 1 is 1.36 bits per heavy atom. The molecule has 0 atom stereocenters. The molecule has 58 valence electrons. The van der Waals surface area contributed by atoms with Gasteiger partial charge in [-0.05, 0) is 18.2 Å². The first-order valence-electron chi connectivity index (χ1n) is 2.93. The summed E-state index contributed by atoms with van der Waals surface area (Å²) in [6.45, 7) is 0. The fourth-order valence-electron chi connectivity index (χ4n) is 0.662. The van der Waals surface area contributed by atoms with Gasteiger partial charge in [0.2, 0.25) is 0 Å². The van der Waals surface area contributed by atoms with Crippen molar-refractivity contribution in [2.24, 2.45) is 0 Å². The molecule has 0 aliphatic carbocycles. The van der Waals surface area contributed by atoms with Gasteiger partial charge in [0, 0.05) is 5.02 Å². The molecule has 0 saturated carbocycles. The Morgan fingerprint density at radius 2 is 2.09 bits per heavy atom. The van der Waals surface area contributed by atoms with Gasteiger partial charge < -0.3 is 9.68 Å². The number of hydrogen-bond acceptors (Lipinski definition) is 2. The van der Waals surface area contributed by atoms with E-state index in [0.717, 1.165) is 0 Å². The summed E-state index contributed by atoms with van der Waals surface area (Å²) in [6.07, 6.45) is 0. The van der Waals surface area contributed by atoms with Crippen molar-refractivity contribution < 1.29 is 9.68 Å². The molecular weight excluding hydrogens is 186 g/mol. The van der Waals surface area contributed by atoms with Crippen LogP contribution in [0.5, 0.6) is 5.75 Å². The van der Waals surface area contributed by atoms with Crippen molar-refractivity contribution in [1.29, 1.82) is 0 Å². The third kappa shape index (κ3) is 2.29. The van der Waals surface area contributed by atoms with Gasteiger partial charge in [-0.25, -0.2) is 0 Å². The molecule has 0 saturated heterocycles. The molecule has 0 aliphatic rings. The summed E-state index contributed by atoms with van der Waals surface area (Å²) in [7, 11) is -0.388. The van der Waals surface area contributed by atoms with E-state index in [2.05, 4.69) is 0 Å². The number of hydrogen-bond donors (Lipinski definition) is 1. The maximum Gasteiger partial charge on any atom is 0.504 e. The van der Waals surface area contributed by atoms with E-state index in [9.17, 15) is 0 Å². The van der Waals surface area contributed by atoms with Crippen LogP contribution in [0.15, 0.2) is 18.2 Å². The van der Waals surface area contributed by atoms with Crippen LogP contribution < -0.4 is 4.65 Å². The van der Waals surface area contributed by atoms with Crippen LogP contribution in [0.4, 0.5) is 0 Å². The molecule has 0 amide bonds. The summed E-state index contributed by atoms with van der Waals surface area (Å²) < 4.78 is 4.76. The molecule has 1 aromatic rings. The van der Waals surface area contributed by atoms with Crippen molar-refractivity contribution in [1.82, 2.24) is 0 Å². The van der Waals surface area contributed by atoms with E-state index in [0.29, 0.717) is 15.8 Å². The van der Waals surface area contributed by atoms with E-state index in [1.54, 1.807) is 18.2 Å². The van der Waals surface area contributed by atoms with Gasteiger partial charge in [-0.3, -0.25) is 0 Å². The standard InChI is InChI=1S/C6H5BCl2O2/c8-4-1-2-6(11-7-10)5(9)3-4/h1-3,7,10H. The van der Waals surface area contributed by atoms with Crippen LogP contribution >= 0.6 is 23.2 Å². The molecule has 0 bridgehead atoms. The smallest absolute Gasteiger partial charge is 0.504 e. The van der Waals surface area contributed by atoms with E-state index < -0.39 is 0 Å². The van der Waals surface area contributed by atoms with Crippen LogP contribution in [0.2, 0.25) is 10.0 Å². The maximum atomic E-state index is 8.40. The highest BCUT2D eigenvalue weighted by molar-refractivity contribution is 6.35. The van der Waals surface area contributed by atoms with E-state index in [1.165, 1.54) is 0 Å². The molecule has 0 heterocycles. The molecular formula is C6H5BCl2O2. The zero-order valence-corrected chi connectivity index (χ0v) is 7.06. The Hall–Kier alpha value is -0.375. The molecule has 1 rings (SSSR count). The molecule has 0 spiro atoms. The number of rotatable bonds is 2. The van der Waals surface area contributed by atoms with E-state index in [1.807, 2.05) is 0 Å². The number of benzene rings is 1. The molecule has 0 fully saturated rings. The van der Waals surface area contributed by atoms with Crippen LogP contribution in [0.3, 0.4) is 0 Å². The highest BCUT2D eigenvalue weighted by atomic mass is 35.5. The van der Waals surface area contributed by atoms with Crippen molar-refractivity contribution >= 4 is 30.9 Å². The molecule has 1 N–H and O–H groups in total. The minimum absolute atomic E-state index is 0.388. The molecule has 2 nitrogen and oxygen atoms in total. The zero-order valence-electron chi connectivity index (χ0n) is 5.55. The van der Waals surface area contributed by atoms with Crippen LogP contribution in [0.1, 0.15) is 0 Å². The summed E-state index contributed by atoms with van der Waals surface area (Å²) in [5.41, 5.74) is 0. The summed E-state index contributed by atoms with van der Waals surface area (Å²) in [5.74, 6) is 0.429. The largest absolute Gasteiger partial charge is 0.538 e. The molecule has 5 heteroatoms. The fourth-order valence-corrected chi connectivity index (χ4v) is 1.12. The van der Waals surface area contributed by atoms with E-state index >= 15 is 0 Å². The van der Waals surface area contributed by atoms with Crippen molar-refractivity contribution in [3.05, 3.63) is 28.2 Å². The first kappa shape index (κ1) is 8.72. The monoisotopic (exact) mass is 190 g/mol. The van der Waals surface area contributed by atoms with Gasteiger partial charge in [-0.2, -0.15) is 0 Å². The van der Waals surface area contributed by atoms with Crippen LogP contribution in [-0.4, -0.2) is 12.7 Å². The third-order valence-electron chi connectivity index (χ3n) is 1.11. The summed E-state index contributed by atoms with van der Waals surface area (Å²) in [6, 6.07) is 4.79. The van der Waals surface area contributed by atoms with Crippen molar-refractivity contribution in [3.63, 3.8) is 0 Å². The molecule has 11 heavy (non-hydrogen) atoms. The van der Waals surface area contributed by atoms with Crippen LogP contribution in [-0.2, 0) is 0 Å². The zero-order chi connectivity index (χ0) is 8.27. The van der Waals surface area contributed by atoms with E-state index in [4.69, 9.17) is 32.9 Å². The SMILES string of the molecule is OBOc1ccc(Cl)cc1Cl. The molecule has 0 radical (unpaired) electrons. The van der Waals surface area contributed by atoms with E-state index in [-0.39, 0.29) is 7.69 Å². The van der Waals surface area contributed by atoms with Crippen molar-refractivity contribution in [3.8, 4) is 5.75 Å². The van der Waals surface area contributed by atoms with Gasteiger partial charge in [0.05, 0.1) is 5.02 Å². The predicted molar refractivity (Wildman–Crippen MR) is 46.5 cm³/mol. The number of halogens is 2. The molecule has 0 aliphatic heterocycles. The maximum absolute atomic E-state index is 8.40. The molecule has 0 unspecified atom stereocenters. The first-order chi connectivity index (χ1) is 5.24. The minimum Gasteiger partial charge on any atom is -0.538 e. The first-order valence-corrected chi connectivity index (χ1v) is 3.68. The lowest BCUT2D eigenvalue weighted by Gasteiger charge is -2.03. The second kappa shape index (κ2) is 3.86. The van der Waals surface area contributed by atoms with Crippen LogP contribution in [0, 0.1) is 0 Å². The second-order valence-corrected chi connectivity index (χ2v) is 2.69. The predicted octanol–water partition coefficient (Wildman–Crippen LogP) is 1.63. The molecule has 0 aromatic heterocycles.